The largest absolute Gasteiger partial charge is 0.481 e. The molecule has 23 saturated carbocycles. The van der Waals surface area contributed by atoms with E-state index in [0.717, 1.165) is 204 Å². The summed E-state index contributed by atoms with van der Waals surface area (Å²) in [4.78, 5) is 129. The summed E-state index contributed by atoms with van der Waals surface area (Å²) in [5.74, 6) is 23.4. The number of carboxylic acid groups (broad SMARTS) is 1. The second kappa shape index (κ2) is 43.5. The third kappa shape index (κ3) is 20.9. The number of carbonyl (C=O) groups excluding carboxylic acids is 10. The maximum Gasteiger partial charge on any atom is 0.320 e. The molecule has 1 N–H and O–H groups in total. The lowest BCUT2D eigenvalue weighted by Crippen LogP contribution is -2.58. The Morgan fingerprint density at radius 3 is 1.18 bits per heavy atom. The van der Waals surface area contributed by atoms with Crippen LogP contribution in [-0.4, -0.2) is 106 Å². The summed E-state index contributed by atoms with van der Waals surface area (Å²) in [5.41, 5.74) is -1.24. The van der Waals surface area contributed by atoms with Crippen molar-refractivity contribution in [2.24, 2.45) is 259 Å². The van der Waals surface area contributed by atoms with E-state index < -0.39 is 23.3 Å². The van der Waals surface area contributed by atoms with Gasteiger partial charge in [0.1, 0.15) is 28.5 Å². The maximum atomic E-state index is 13.1. The van der Waals surface area contributed by atoms with E-state index in [1.54, 1.807) is 13.8 Å². The standard InChI is InChI=1S/C21H34O2.C19H30O2.2C17H28O2.C12H16O3.C12H18O2.C11H18O2.C10H16O2.C6H8O3/c1-14-15(2)18-12-16(14)13-19(18)20(22)23-21(10-6-7-11-21)17-8-4-3-5-9-17;1-4-19(10-13-5-6-15(19)7-13)21-18(20)17-9-14-8-16(17)12(3)11(14)2;1-5-16(2,3)15(18)19-17(4)13-7-11-6-12(9-13)10-14(17)8-11;1-4-17(7-5-6-8-17)19-16(18)15-10-13-9-14(15)12(3)11(13)2;1-6-7(2)9-3-8(6)4-12(9)5-10(13)15-11(12)14;1-7-8(2)10-5-9(7)6-12(10)3-4-14-11(12)13;1-6-7(2)10-4-9(6)5-11(10)13-8(3)12;1-5-6(2)8-3-7(5)4-9(8)10(11)12;1-3-4(2)6(8)9-5(3)7/h14-19H,3-13H2,1-2H3;11-17H,4-10H2,1-3H3;11-14H,5-10H2,1-4H3;11-15H,4-10H2,1-3H3;6-9H,3-5H2,1-2H3;7-10H,3-6H2,1-2H3;6-7,9-11H,4-5H2,1-3H3;5-9H,3-4H2,1-2H3,(H,11,12);3-4H,1-2H3. The molecule has 20 heteroatoms. The zero-order chi connectivity index (χ0) is 104. The monoisotopic (exact) mass is 2020 g/mol. The molecule has 40 unspecified atom stereocenters. The Hall–Kier alpha value is -5.43. The van der Waals surface area contributed by atoms with Gasteiger partial charge in [0.15, 0.2) is 0 Å². The fraction of sp³-hybridized carbons (Fsp3) is 0.912. The van der Waals surface area contributed by atoms with Crippen LogP contribution in [-0.2, 0) is 90.6 Å². The van der Waals surface area contributed by atoms with E-state index in [4.69, 9.17) is 38.3 Å². The molecule has 40 atom stereocenters. The lowest BCUT2D eigenvalue weighted by Gasteiger charge is -2.59. The van der Waals surface area contributed by atoms with Gasteiger partial charge in [0, 0.05) is 6.92 Å². The normalized spacial score (nSPS) is 47.8. The number of ether oxygens (including phenoxy) is 8. The molecule has 26 fully saturated rings. The Labute approximate surface area is 872 Å². The minimum atomic E-state index is -0.568. The van der Waals surface area contributed by atoms with Crippen molar-refractivity contribution < 1.29 is 95.7 Å². The number of carbonyl (C=O) groups is 11. The predicted molar refractivity (Wildman–Crippen MR) is 556 cm³/mol. The number of rotatable bonds is 14. The van der Waals surface area contributed by atoms with Crippen molar-refractivity contribution >= 4 is 65.7 Å². The molecule has 0 aromatic carbocycles. The molecular weight excluding hydrogens is 1820 g/mol. The van der Waals surface area contributed by atoms with Gasteiger partial charge in [-0.3, -0.25) is 52.7 Å². The van der Waals surface area contributed by atoms with Gasteiger partial charge in [-0.15, -0.1) is 0 Å². The first-order valence-electron chi connectivity index (χ1n) is 60.6. The molecule has 26 aliphatic rings. The Balaban J connectivity index is 0.000000113. The number of aliphatic carboxylic acids is 1. The molecule has 2 spiro atoms. The SMILES string of the molecule is CC(=O)OC1CC2CC1C(C)C2C.CC1C(=O)OC(=O)C1C.CC1C2CC(C(=O)O)C(C2)C1C.CC1C2CC(C(=O)OC3(C4CCCCC4)CCCC3)C(C2)C1C.CC1C2CC(C1C)C1(CC(=O)OC1=O)C2.CC1C2CC(C1C)C1(CCOC1=O)C2.CCC(C)(C)C(=O)OC1(C)C2CC3CC(C2)CC1C3.CCC1(OC(=O)C2CC3CC2C(C)C3C)CC2CCC1C2.CCC1(OC(=O)C2CC3CC2C(C)C3C)CCCC1. The quantitative estimate of drug-likeness (QED) is 0.0960. The summed E-state index contributed by atoms with van der Waals surface area (Å²) < 4.78 is 44.4. The van der Waals surface area contributed by atoms with Crippen LogP contribution in [0.15, 0.2) is 0 Å². The average molecular weight is 2020 g/mol. The van der Waals surface area contributed by atoms with Gasteiger partial charge in [0.05, 0.1) is 64.8 Å². The molecule has 23 aliphatic carbocycles. The van der Waals surface area contributed by atoms with Crippen molar-refractivity contribution in [3.05, 3.63) is 0 Å². The van der Waals surface area contributed by atoms with Gasteiger partial charge in [-0.25, -0.2) is 0 Å². The number of hydrogen-bond acceptors (Lipinski definition) is 19. The van der Waals surface area contributed by atoms with Crippen LogP contribution in [0.25, 0.3) is 0 Å². The van der Waals surface area contributed by atoms with Crippen molar-refractivity contribution in [3.63, 3.8) is 0 Å². The van der Waals surface area contributed by atoms with E-state index in [0.29, 0.717) is 125 Å². The van der Waals surface area contributed by atoms with E-state index in [1.807, 2.05) is 13.8 Å². The minimum absolute atomic E-state index is 0.0185. The van der Waals surface area contributed by atoms with Crippen molar-refractivity contribution in [3.8, 4) is 0 Å². The molecule has 3 heterocycles. The molecule has 0 aromatic rings. The van der Waals surface area contributed by atoms with E-state index in [1.165, 1.54) is 155 Å². The van der Waals surface area contributed by atoms with Crippen LogP contribution in [0.2, 0.25) is 0 Å². The molecule has 20 bridgehead atoms. The molecule has 816 valence electrons. The van der Waals surface area contributed by atoms with E-state index >= 15 is 0 Å². The molecule has 20 nitrogen and oxygen atoms in total. The van der Waals surface area contributed by atoms with Crippen molar-refractivity contribution in [1.29, 1.82) is 0 Å². The van der Waals surface area contributed by atoms with Crippen LogP contribution in [0.1, 0.15) is 422 Å². The fourth-order valence-electron chi connectivity index (χ4n) is 38.6. The van der Waals surface area contributed by atoms with E-state index in [-0.39, 0.29) is 123 Å². The third-order valence-electron chi connectivity index (χ3n) is 50.0. The smallest absolute Gasteiger partial charge is 0.320 e. The lowest BCUT2D eigenvalue weighted by atomic mass is 9.50. The van der Waals surface area contributed by atoms with Crippen molar-refractivity contribution in [2.45, 2.75) is 451 Å². The summed E-state index contributed by atoms with van der Waals surface area (Å²) in [5, 5.41) is 8.94. The first-order chi connectivity index (χ1) is 68.6. The summed E-state index contributed by atoms with van der Waals surface area (Å²) >= 11 is 0. The molecule has 26 rings (SSSR count). The van der Waals surface area contributed by atoms with Crippen LogP contribution < -0.4 is 0 Å². The average Bonchev–Trinajstić information content (AvgIpc) is 1.50. The fourth-order valence-corrected chi connectivity index (χ4v) is 38.6. The van der Waals surface area contributed by atoms with Gasteiger partial charge < -0.3 is 43.0 Å². The van der Waals surface area contributed by atoms with E-state index in [2.05, 4.69) is 129 Å². The third-order valence-corrected chi connectivity index (χ3v) is 50.0. The number of hydrogen-bond donors (Lipinski definition) is 1. The van der Waals surface area contributed by atoms with Crippen LogP contribution >= 0.6 is 0 Å². The van der Waals surface area contributed by atoms with Crippen LogP contribution in [0.4, 0.5) is 0 Å². The number of carboxylic acids is 1. The van der Waals surface area contributed by atoms with Crippen LogP contribution in [0.3, 0.4) is 0 Å². The zero-order valence-electron chi connectivity index (χ0n) is 94.2. The highest BCUT2D eigenvalue weighted by Gasteiger charge is 2.68. The molecule has 3 saturated heterocycles. The molecular formula is C125H196O20. The van der Waals surface area contributed by atoms with Crippen molar-refractivity contribution in [1.82, 2.24) is 0 Å². The van der Waals surface area contributed by atoms with Gasteiger partial charge in [-0.05, 0) is 465 Å². The van der Waals surface area contributed by atoms with Gasteiger partial charge in [-0.1, -0.05) is 151 Å². The predicted octanol–water partition coefficient (Wildman–Crippen LogP) is 26.7. The first-order valence-corrected chi connectivity index (χ1v) is 60.6. The highest BCUT2D eigenvalue weighted by molar-refractivity contribution is 5.98. The zero-order valence-corrected chi connectivity index (χ0v) is 94.2. The van der Waals surface area contributed by atoms with Crippen LogP contribution in [0.5, 0.6) is 0 Å². The maximum absolute atomic E-state index is 13.1. The molecule has 0 aromatic heterocycles. The second-order valence-corrected chi connectivity index (χ2v) is 56.2. The highest BCUT2D eigenvalue weighted by Crippen LogP contribution is 2.69. The summed E-state index contributed by atoms with van der Waals surface area (Å²) in [6.45, 7) is 50.7. The molecule has 0 amide bonds. The Bertz CT molecular complexity index is 4580. The first kappa shape index (κ1) is 111. The Morgan fingerprint density at radius 2 is 0.807 bits per heavy atom. The minimum Gasteiger partial charge on any atom is -0.481 e. The van der Waals surface area contributed by atoms with Gasteiger partial charge >= 0.3 is 65.7 Å². The molecule has 0 radical (unpaired) electrons. The summed E-state index contributed by atoms with van der Waals surface area (Å²) in [6.07, 6.45) is 48.2. The van der Waals surface area contributed by atoms with Crippen molar-refractivity contribution in [2.75, 3.05) is 6.61 Å². The second-order valence-electron chi connectivity index (χ2n) is 56.2. The Kier molecular flexibility index (Phi) is 33.2. The topological polar surface area (TPSA) is 282 Å². The van der Waals surface area contributed by atoms with Gasteiger partial charge in [-0.2, -0.15) is 0 Å². The lowest BCUT2D eigenvalue weighted by molar-refractivity contribution is -0.211. The highest BCUT2D eigenvalue weighted by atomic mass is 16.6. The summed E-state index contributed by atoms with van der Waals surface area (Å²) in [7, 11) is 0. The Morgan fingerprint density at radius 1 is 0.379 bits per heavy atom. The van der Waals surface area contributed by atoms with Gasteiger partial charge in [0.25, 0.3) is 0 Å². The number of fused-ring (bicyclic) bond motifs is 18. The number of cyclic esters (lactones) is 5. The van der Waals surface area contributed by atoms with Crippen LogP contribution in [0, 0.1) is 259 Å². The molecule has 145 heavy (non-hydrogen) atoms. The number of esters is 10. The van der Waals surface area contributed by atoms with Gasteiger partial charge in [0.2, 0.25) is 0 Å². The summed E-state index contributed by atoms with van der Waals surface area (Å²) in [6, 6.07) is 0. The van der Waals surface area contributed by atoms with E-state index in [9.17, 15) is 52.7 Å². The molecule has 3 aliphatic heterocycles.